The van der Waals surface area contributed by atoms with Gasteiger partial charge in [0.05, 0.1) is 0 Å². The second-order valence-corrected chi connectivity index (χ2v) is 5.65. The molecule has 0 amide bonds. The van der Waals surface area contributed by atoms with Gasteiger partial charge in [0, 0.05) is 17.1 Å². The number of para-hydroxylation sites is 1. The third-order valence-corrected chi connectivity index (χ3v) is 4.43. The van der Waals surface area contributed by atoms with Gasteiger partial charge in [0.1, 0.15) is 4.60 Å². The van der Waals surface area contributed by atoms with E-state index in [1.807, 2.05) is 5.38 Å². The fourth-order valence-corrected chi connectivity index (χ4v) is 3.58. The summed E-state index contributed by atoms with van der Waals surface area (Å²) in [6.45, 7) is 2.25. The zero-order valence-corrected chi connectivity index (χ0v) is 11.3. The molecular weight excluding hydrogens is 284 g/mol. The number of benzene rings is 1. The van der Waals surface area contributed by atoms with Gasteiger partial charge in [-0.25, -0.2) is 4.98 Å². The first-order valence-electron chi connectivity index (χ1n) is 5.24. The van der Waals surface area contributed by atoms with Crippen LogP contribution in [0.3, 0.4) is 0 Å². The number of thiazole rings is 1. The van der Waals surface area contributed by atoms with Crippen LogP contribution in [0.2, 0.25) is 0 Å². The van der Waals surface area contributed by atoms with Crippen molar-refractivity contribution in [2.75, 3.05) is 4.90 Å². The lowest BCUT2D eigenvalue weighted by molar-refractivity contribution is 0.756. The highest BCUT2D eigenvalue weighted by Gasteiger charge is 2.28. The Morgan fingerprint density at radius 2 is 2.25 bits per heavy atom. The number of nitrogens with zero attached hydrogens (tertiary/aromatic N) is 2. The van der Waals surface area contributed by atoms with Crippen molar-refractivity contribution in [1.82, 2.24) is 4.98 Å². The number of hydrogen-bond acceptors (Lipinski definition) is 3. The van der Waals surface area contributed by atoms with E-state index in [2.05, 4.69) is 57.0 Å². The highest BCUT2D eigenvalue weighted by molar-refractivity contribution is 9.10. The molecule has 2 nitrogen and oxygen atoms in total. The maximum atomic E-state index is 4.50. The summed E-state index contributed by atoms with van der Waals surface area (Å²) in [5.74, 6) is 0. The minimum atomic E-state index is 0.496. The fraction of sp³-hybridized carbons (Fsp3) is 0.250. The Labute approximate surface area is 107 Å². The van der Waals surface area contributed by atoms with E-state index >= 15 is 0 Å². The zero-order chi connectivity index (χ0) is 11.1. The number of halogens is 1. The summed E-state index contributed by atoms with van der Waals surface area (Å²) >= 11 is 5.09. The predicted octanol–water partition coefficient (Wildman–Crippen LogP) is 3.99. The molecule has 0 saturated heterocycles. The average molecular weight is 295 g/mol. The van der Waals surface area contributed by atoms with E-state index in [4.69, 9.17) is 0 Å². The standard InChI is InChI=1S/C12H11BrN2S/c1-8-6-9-4-2-3-5-10(9)15(8)12-14-11(13)7-16-12/h2-5,7-8H,6H2,1H3. The van der Waals surface area contributed by atoms with Crippen molar-refractivity contribution >= 4 is 38.1 Å². The number of fused-ring (bicyclic) bond motifs is 1. The van der Waals surface area contributed by atoms with Gasteiger partial charge >= 0.3 is 0 Å². The third-order valence-electron chi connectivity index (χ3n) is 2.88. The van der Waals surface area contributed by atoms with E-state index < -0.39 is 0 Å². The average Bonchev–Trinajstić information content (AvgIpc) is 2.80. The number of rotatable bonds is 1. The van der Waals surface area contributed by atoms with Crippen molar-refractivity contribution in [3.8, 4) is 0 Å². The van der Waals surface area contributed by atoms with Gasteiger partial charge in [0.15, 0.2) is 5.13 Å². The van der Waals surface area contributed by atoms with Gasteiger partial charge in [-0.15, -0.1) is 11.3 Å². The molecule has 0 spiro atoms. The molecule has 1 aromatic carbocycles. The van der Waals surface area contributed by atoms with Crippen LogP contribution in [-0.2, 0) is 6.42 Å². The minimum absolute atomic E-state index is 0.496. The van der Waals surface area contributed by atoms with Crippen LogP contribution < -0.4 is 4.90 Å². The zero-order valence-electron chi connectivity index (χ0n) is 8.85. The van der Waals surface area contributed by atoms with Crippen molar-refractivity contribution in [2.45, 2.75) is 19.4 Å². The van der Waals surface area contributed by atoms with E-state index in [1.165, 1.54) is 11.3 Å². The van der Waals surface area contributed by atoms with Crippen molar-refractivity contribution in [3.63, 3.8) is 0 Å². The lowest BCUT2D eigenvalue weighted by Gasteiger charge is -2.21. The molecule has 82 valence electrons. The normalized spacial score (nSPS) is 18.9. The Balaban J connectivity index is 2.08. The highest BCUT2D eigenvalue weighted by atomic mass is 79.9. The summed E-state index contributed by atoms with van der Waals surface area (Å²) in [6.07, 6.45) is 1.10. The molecule has 0 aliphatic carbocycles. The highest BCUT2D eigenvalue weighted by Crippen LogP contribution is 2.39. The van der Waals surface area contributed by atoms with Gasteiger partial charge in [-0.1, -0.05) is 18.2 Å². The van der Waals surface area contributed by atoms with Gasteiger partial charge < -0.3 is 4.90 Å². The van der Waals surface area contributed by atoms with Crippen molar-refractivity contribution in [3.05, 3.63) is 39.8 Å². The summed E-state index contributed by atoms with van der Waals surface area (Å²) in [4.78, 5) is 6.83. The minimum Gasteiger partial charge on any atom is -0.314 e. The van der Waals surface area contributed by atoms with Crippen LogP contribution in [0.15, 0.2) is 34.2 Å². The molecule has 0 bridgehead atoms. The summed E-state index contributed by atoms with van der Waals surface area (Å²) in [7, 11) is 0. The van der Waals surface area contributed by atoms with Crippen LogP contribution in [0.1, 0.15) is 12.5 Å². The molecule has 0 radical (unpaired) electrons. The smallest absolute Gasteiger partial charge is 0.191 e. The van der Waals surface area contributed by atoms with E-state index in [1.54, 1.807) is 11.3 Å². The number of anilines is 2. The van der Waals surface area contributed by atoms with E-state index in [0.717, 1.165) is 16.2 Å². The monoisotopic (exact) mass is 294 g/mol. The number of aromatic nitrogens is 1. The summed E-state index contributed by atoms with van der Waals surface area (Å²) in [6, 6.07) is 9.07. The largest absolute Gasteiger partial charge is 0.314 e. The molecule has 1 unspecified atom stereocenters. The van der Waals surface area contributed by atoms with E-state index in [0.29, 0.717) is 6.04 Å². The van der Waals surface area contributed by atoms with Crippen LogP contribution in [0, 0.1) is 0 Å². The third kappa shape index (κ3) is 1.57. The topological polar surface area (TPSA) is 16.1 Å². The second-order valence-electron chi connectivity index (χ2n) is 4.00. The van der Waals surface area contributed by atoms with Gasteiger partial charge in [0.25, 0.3) is 0 Å². The van der Waals surface area contributed by atoms with Gasteiger partial charge in [0.2, 0.25) is 0 Å². The first kappa shape index (κ1) is 10.3. The lowest BCUT2D eigenvalue weighted by Crippen LogP contribution is -2.23. The molecule has 16 heavy (non-hydrogen) atoms. The van der Waals surface area contributed by atoms with Crippen molar-refractivity contribution < 1.29 is 0 Å². The molecule has 0 saturated carbocycles. The van der Waals surface area contributed by atoms with E-state index in [-0.39, 0.29) is 0 Å². The molecule has 3 rings (SSSR count). The predicted molar refractivity (Wildman–Crippen MR) is 71.6 cm³/mol. The van der Waals surface area contributed by atoms with Gasteiger partial charge in [-0.2, -0.15) is 0 Å². The lowest BCUT2D eigenvalue weighted by atomic mass is 10.1. The first-order chi connectivity index (χ1) is 7.75. The van der Waals surface area contributed by atoms with Gasteiger partial charge in [-0.3, -0.25) is 0 Å². The molecule has 4 heteroatoms. The van der Waals surface area contributed by atoms with Crippen LogP contribution >= 0.6 is 27.3 Å². The van der Waals surface area contributed by atoms with Crippen molar-refractivity contribution in [2.24, 2.45) is 0 Å². The van der Waals surface area contributed by atoms with E-state index in [9.17, 15) is 0 Å². The van der Waals surface area contributed by atoms with Crippen LogP contribution in [0.25, 0.3) is 0 Å². The van der Waals surface area contributed by atoms with Crippen LogP contribution in [-0.4, -0.2) is 11.0 Å². The summed E-state index contributed by atoms with van der Waals surface area (Å²) in [5.41, 5.74) is 2.72. The maximum Gasteiger partial charge on any atom is 0.191 e. The Hall–Kier alpha value is -0.870. The molecule has 1 aromatic heterocycles. The summed E-state index contributed by atoms with van der Waals surface area (Å²) < 4.78 is 0.920. The second kappa shape index (κ2) is 3.86. The molecule has 1 aliphatic heterocycles. The van der Waals surface area contributed by atoms with Crippen LogP contribution in [0.4, 0.5) is 10.8 Å². The molecule has 2 heterocycles. The summed E-state index contributed by atoms with van der Waals surface area (Å²) in [5, 5.41) is 3.10. The molecule has 1 aliphatic rings. The molecule has 1 atom stereocenters. The van der Waals surface area contributed by atoms with Crippen molar-refractivity contribution in [1.29, 1.82) is 0 Å². The molecule has 0 fully saturated rings. The first-order valence-corrected chi connectivity index (χ1v) is 6.91. The number of hydrogen-bond donors (Lipinski definition) is 0. The molecular formula is C12H11BrN2S. The molecule has 0 N–H and O–H groups in total. The van der Waals surface area contributed by atoms with Crippen LogP contribution in [0.5, 0.6) is 0 Å². The Bertz CT molecular complexity index is 523. The maximum absolute atomic E-state index is 4.50. The van der Waals surface area contributed by atoms with Gasteiger partial charge in [-0.05, 0) is 40.9 Å². The fourth-order valence-electron chi connectivity index (χ4n) is 2.21. The Morgan fingerprint density at radius 3 is 3.00 bits per heavy atom. The Kier molecular flexibility index (Phi) is 2.48. The Morgan fingerprint density at radius 1 is 1.44 bits per heavy atom. The quantitative estimate of drug-likeness (QED) is 0.791. The molecule has 2 aromatic rings. The SMILES string of the molecule is CC1Cc2ccccc2N1c1nc(Br)cs1.